The van der Waals surface area contributed by atoms with Crippen LogP contribution in [0.2, 0.25) is 5.02 Å². The summed E-state index contributed by atoms with van der Waals surface area (Å²) in [5, 5.41) is 3.34. The Balaban J connectivity index is 2.13. The van der Waals surface area contributed by atoms with Gasteiger partial charge in [-0.15, -0.1) is 0 Å². The Bertz CT molecular complexity index is 629. The average Bonchev–Trinajstić information content (AvgIpc) is 2.52. The summed E-state index contributed by atoms with van der Waals surface area (Å²) in [5.41, 5.74) is 1.40. The largest absolute Gasteiger partial charge is 0.494 e. The van der Waals surface area contributed by atoms with Crippen LogP contribution in [0, 0.1) is 0 Å². The second-order valence-electron chi connectivity index (χ2n) is 4.58. The molecule has 0 saturated carbocycles. The Kier molecular flexibility index (Phi) is 5.67. The molecule has 0 unspecified atom stereocenters. The zero-order valence-corrected chi connectivity index (χ0v) is 13.4. The fraction of sp³-hybridized carbons (Fsp3) is 0.235. The number of nitrogens with one attached hydrogen (secondary N) is 1. The number of carbonyl (C=O) groups is 1. The van der Waals surface area contributed by atoms with Crippen molar-refractivity contribution < 1.29 is 9.53 Å². The van der Waals surface area contributed by atoms with Gasteiger partial charge in [0.1, 0.15) is 5.75 Å². The van der Waals surface area contributed by atoms with Gasteiger partial charge >= 0.3 is 6.03 Å². The Morgan fingerprint density at radius 2 is 1.82 bits per heavy atom. The first-order valence-electron chi connectivity index (χ1n) is 7.21. The Hall–Kier alpha value is -2.20. The van der Waals surface area contributed by atoms with E-state index in [0.717, 1.165) is 11.4 Å². The van der Waals surface area contributed by atoms with Gasteiger partial charge in [-0.25, -0.2) is 4.79 Å². The zero-order chi connectivity index (χ0) is 15.9. The lowest BCUT2D eigenvalue weighted by Crippen LogP contribution is -2.34. The van der Waals surface area contributed by atoms with E-state index in [1.54, 1.807) is 17.0 Å². The molecular formula is C17H19ClN2O2. The standard InChI is InChI=1S/C17H19ClN2O2/c1-3-20(13-9-11-14(12-10-13)22-4-2)17(21)19-16-8-6-5-7-15(16)18/h5-12H,3-4H2,1-2H3,(H,19,21). The van der Waals surface area contributed by atoms with E-state index in [2.05, 4.69) is 5.32 Å². The quantitative estimate of drug-likeness (QED) is 0.860. The van der Waals surface area contributed by atoms with Crippen molar-refractivity contribution in [3.8, 4) is 5.75 Å². The average molecular weight is 319 g/mol. The number of rotatable bonds is 5. The van der Waals surface area contributed by atoms with E-state index in [4.69, 9.17) is 16.3 Å². The van der Waals surface area contributed by atoms with Gasteiger partial charge in [0.25, 0.3) is 0 Å². The number of carbonyl (C=O) groups excluding carboxylic acids is 1. The van der Waals surface area contributed by atoms with Gasteiger partial charge < -0.3 is 10.1 Å². The minimum Gasteiger partial charge on any atom is -0.494 e. The lowest BCUT2D eigenvalue weighted by Gasteiger charge is -2.22. The molecule has 0 aliphatic carbocycles. The van der Waals surface area contributed by atoms with Crippen molar-refractivity contribution >= 4 is 29.0 Å². The molecule has 0 saturated heterocycles. The molecule has 0 aromatic heterocycles. The molecule has 1 N–H and O–H groups in total. The number of benzene rings is 2. The Labute approximate surface area is 135 Å². The maximum Gasteiger partial charge on any atom is 0.326 e. The van der Waals surface area contributed by atoms with Crippen molar-refractivity contribution in [1.29, 1.82) is 0 Å². The number of hydrogen-bond acceptors (Lipinski definition) is 2. The van der Waals surface area contributed by atoms with Crippen LogP contribution in [0.4, 0.5) is 16.2 Å². The van der Waals surface area contributed by atoms with Crippen LogP contribution in [-0.4, -0.2) is 19.2 Å². The molecule has 116 valence electrons. The lowest BCUT2D eigenvalue weighted by molar-refractivity contribution is 0.257. The minimum atomic E-state index is -0.222. The maximum atomic E-state index is 12.4. The molecule has 4 nitrogen and oxygen atoms in total. The summed E-state index contributed by atoms with van der Waals surface area (Å²) in [6.07, 6.45) is 0. The molecule has 5 heteroatoms. The number of para-hydroxylation sites is 1. The number of amides is 2. The SMILES string of the molecule is CCOc1ccc(N(CC)C(=O)Nc2ccccc2Cl)cc1. The summed E-state index contributed by atoms with van der Waals surface area (Å²) in [5.74, 6) is 0.786. The predicted octanol–water partition coefficient (Wildman–Crippen LogP) is 4.80. The first-order chi connectivity index (χ1) is 10.7. The summed E-state index contributed by atoms with van der Waals surface area (Å²) in [6.45, 7) is 5.01. The normalized spacial score (nSPS) is 10.1. The van der Waals surface area contributed by atoms with Crippen molar-refractivity contribution in [2.45, 2.75) is 13.8 Å². The summed E-state index contributed by atoms with van der Waals surface area (Å²) in [4.78, 5) is 14.1. The molecule has 0 spiro atoms. The second kappa shape index (κ2) is 7.71. The van der Waals surface area contributed by atoms with Gasteiger partial charge in [-0.2, -0.15) is 0 Å². The third-order valence-corrected chi connectivity index (χ3v) is 3.47. The highest BCUT2D eigenvalue weighted by Crippen LogP contribution is 2.23. The van der Waals surface area contributed by atoms with Gasteiger partial charge in [0.05, 0.1) is 17.3 Å². The first kappa shape index (κ1) is 16.2. The third kappa shape index (κ3) is 3.92. The fourth-order valence-electron chi connectivity index (χ4n) is 2.08. The molecule has 0 fully saturated rings. The van der Waals surface area contributed by atoms with E-state index < -0.39 is 0 Å². The van der Waals surface area contributed by atoms with Crippen molar-refractivity contribution in [3.63, 3.8) is 0 Å². The van der Waals surface area contributed by atoms with E-state index in [-0.39, 0.29) is 6.03 Å². The molecule has 2 aromatic rings. The van der Waals surface area contributed by atoms with Crippen LogP contribution in [0.5, 0.6) is 5.75 Å². The monoisotopic (exact) mass is 318 g/mol. The van der Waals surface area contributed by atoms with E-state index in [0.29, 0.717) is 23.9 Å². The van der Waals surface area contributed by atoms with Crippen LogP contribution < -0.4 is 15.0 Å². The third-order valence-electron chi connectivity index (χ3n) is 3.14. The number of hydrogen-bond donors (Lipinski definition) is 1. The second-order valence-corrected chi connectivity index (χ2v) is 4.99. The fourth-order valence-corrected chi connectivity index (χ4v) is 2.26. The zero-order valence-electron chi connectivity index (χ0n) is 12.7. The van der Waals surface area contributed by atoms with Gasteiger partial charge in [-0.1, -0.05) is 23.7 Å². The van der Waals surface area contributed by atoms with E-state index in [9.17, 15) is 4.79 Å². The molecule has 22 heavy (non-hydrogen) atoms. The van der Waals surface area contributed by atoms with Gasteiger partial charge in [-0.05, 0) is 50.2 Å². The topological polar surface area (TPSA) is 41.6 Å². The molecule has 2 aromatic carbocycles. The van der Waals surface area contributed by atoms with Gasteiger partial charge in [0, 0.05) is 12.2 Å². The van der Waals surface area contributed by atoms with Crippen LogP contribution in [0.1, 0.15) is 13.8 Å². The summed E-state index contributed by atoms with van der Waals surface area (Å²) in [7, 11) is 0. The van der Waals surface area contributed by atoms with Crippen molar-refractivity contribution in [2.75, 3.05) is 23.4 Å². The smallest absolute Gasteiger partial charge is 0.326 e. The van der Waals surface area contributed by atoms with Crippen LogP contribution >= 0.6 is 11.6 Å². The van der Waals surface area contributed by atoms with Crippen molar-refractivity contribution in [3.05, 3.63) is 53.6 Å². The van der Waals surface area contributed by atoms with Crippen LogP contribution in [0.3, 0.4) is 0 Å². The van der Waals surface area contributed by atoms with Crippen LogP contribution in [0.25, 0.3) is 0 Å². The number of ether oxygens (including phenoxy) is 1. The summed E-state index contributed by atoms with van der Waals surface area (Å²) in [6, 6.07) is 14.4. The van der Waals surface area contributed by atoms with E-state index >= 15 is 0 Å². The molecule has 0 bridgehead atoms. The van der Waals surface area contributed by atoms with Gasteiger partial charge in [0.15, 0.2) is 0 Å². The molecule has 2 rings (SSSR count). The van der Waals surface area contributed by atoms with Crippen LogP contribution in [-0.2, 0) is 0 Å². The first-order valence-corrected chi connectivity index (χ1v) is 7.59. The molecule has 0 atom stereocenters. The highest BCUT2D eigenvalue weighted by Gasteiger charge is 2.15. The van der Waals surface area contributed by atoms with Gasteiger partial charge in [0.2, 0.25) is 0 Å². The number of nitrogens with zero attached hydrogens (tertiary/aromatic N) is 1. The van der Waals surface area contributed by atoms with Gasteiger partial charge in [-0.3, -0.25) is 4.90 Å². The highest BCUT2D eigenvalue weighted by molar-refractivity contribution is 6.33. The van der Waals surface area contributed by atoms with E-state index in [1.165, 1.54) is 0 Å². The molecule has 0 heterocycles. The summed E-state index contributed by atoms with van der Waals surface area (Å²) < 4.78 is 5.41. The minimum absolute atomic E-state index is 0.222. The molecule has 0 aliphatic rings. The lowest BCUT2D eigenvalue weighted by atomic mass is 10.2. The van der Waals surface area contributed by atoms with Crippen LogP contribution in [0.15, 0.2) is 48.5 Å². The maximum absolute atomic E-state index is 12.4. The molecular weight excluding hydrogens is 300 g/mol. The molecule has 2 amide bonds. The Morgan fingerprint density at radius 3 is 2.41 bits per heavy atom. The summed E-state index contributed by atoms with van der Waals surface area (Å²) >= 11 is 6.07. The van der Waals surface area contributed by atoms with E-state index in [1.807, 2.05) is 50.2 Å². The number of halogens is 1. The molecule has 0 aliphatic heterocycles. The Morgan fingerprint density at radius 1 is 1.14 bits per heavy atom. The highest BCUT2D eigenvalue weighted by atomic mass is 35.5. The van der Waals surface area contributed by atoms with Crippen molar-refractivity contribution in [1.82, 2.24) is 0 Å². The molecule has 0 radical (unpaired) electrons. The van der Waals surface area contributed by atoms with Crippen molar-refractivity contribution in [2.24, 2.45) is 0 Å². The predicted molar refractivity (Wildman–Crippen MR) is 91.1 cm³/mol. The number of urea groups is 1. The number of anilines is 2.